The second kappa shape index (κ2) is 20.1. The van der Waals surface area contributed by atoms with Gasteiger partial charge >= 0.3 is 0 Å². The predicted octanol–water partition coefficient (Wildman–Crippen LogP) is 26.0. The molecule has 20 rings (SSSR count). The summed E-state index contributed by atoms with van der Waals surface area (Å²) in [6.07, 6.45) is 0. The van der Waals surface area contributed by atoms with Crippen LogP contribution in [0.15, 0.2) is 329 Å². The van der Waals surface area contributed by atoms with Gasteiger partial charge in [0.05, 0.1) is 0 Å². The number of rotatable bonds is 7. The second-order valence-corrected chi connectivity index (χ2v) is 24.9. The van der Waals surface area contributed by atoms with Crippen LogP contribution in [0.3, 0.4) is 0 Å². The number of hydrogen-bond donors (Lipinski definition) is 0. The van der Waals surface area contributed by atoms with Gasteiger partial charge in [-0.25, -0.2) is 0 Å². The standard InChI is InChI=1S/C90H52O3/c1-2-24-67-66(23-1)78-48-56(53-17-11-20-59(45-53)63-31-15-37-84-88(63)74-27-5-8-34-81(74)91-84)39-42-69(78)70-43-40-57(49-79(67)70)55-19-13-22-61(47-55)77-51-62(52-86-90(77)76-29-7-10-36-83(76)93-86)65-30-14-33-73-71-44-41-58(50-80(71)68-25-3-4-26-72(68)87(65)73)54-18-12-21-60(46-54)64-32-16-38-85-89(64)75-28-6-9-35-82(75)92-85/h1-52H. The lowest BCUT2D eigenvalue weighted by Crippen LogP contribution is -1.90. The van der Waals surface area contributed by atoms with E-state index in [0.717, 1.165) is 116 Å². The summed E-state index contributed by atoms with van der Waals surface area (Å²) >= 11 is 0. The Labute approximate surface area is 533 Å². The molecule has 0 aliphatic heterocycles. The van der Waals surface area contributed by atoms with Crippen molar-refractivity contribution in [2.75, 3.05) is 0 Å². The Morgan fingerprint density at radius 1 is 0.129 bits per heavy atom. The van der Waals surface area contributed by atoms with Gasteiger partial charge in [0.25, 0.3) is 0 Å². The minimum Gasteiger partial charge on any atom is -0.456 e. The van der Waals surface area contributed by atoms with Crippen LogP contribution in [0.4, 0.5) is 0 Å². The minimum absolute atomic E-state index is 0.862. The number of fused-ring (bicyclic) bond motifs is 21. The number of benzene rings is 17. The molecule has 0 aliphatic carbocycles. The molecule has 0 N–H and O–H groups in total. The average Bonchev–Trinajstić information content (AvgIpc) is 1.28. The monoisotopic (exact) mass is 1180 g/mol. The van der Waals surface area contributed by atoms with E-state index in [2.05, 4.69) is 303 Å². The summed E-state index contributed by atoms with van der Waals surface area (Å²) < 4.78 is 19.5. The highest BCUT2D eigenvalue weighted by Crippen LogP contribution is 2.48. The molecule has 0 atom stereocenters. The highest BCUT2D eigenvalue weighted by molar-refractivity contribution is 6.30. The van der Waals surface area contributed by atoms with Crippen molar-refractivity contribution in [1.29, 1.82) is 0 Å². The normalized spacial score (nSPS) is 12.1. The van der Waals surface area contributed by atoms with Crippen LogP contribution in [0.25, 0.3) is 208 Å². The second-order valence-electron chi connectivity index (χ2n) is 24.9. The number of hydrogen-bond acceptors (Lipinski definition) is 3. The van der Waals surface area contributed by atoms with Crippen molar-refractivity contribution in [3.05, 3.63) is 315 Å². The molecule has 0 saturated carbocycles. The first-order valence-electron chi connectivity index (χ1n) is 31.9. The molecule has 0 amide bonds. The third kappa shape index (κ3) is 7.97. The first kappa shape index (κ1) is 51.6. The fourth-order valence-corrected chi connectivity index (χ4v) is 15.6. The molecule has 3 heterocycles. The van der Waals surface area contributed by atoms with Crippen LogP contribution in [-0.4, -0.2) is 0 Å². The Hall–Kier alpha value is -12.3. The summed E-state index contributed by atoms with van der Waals surface area (Å²) in [6.45, 7) is 0. The first-order valence-corrected chi connectivity index (χ1v) is 31.9. The van der Waals surface area contributed by atoms with Crippen LogP contribution in [0.1, 0.15) is 0 Å². The highest BCUT2D eigenvalue weighted by Gasteiger charge is 2.22. The highest BCUT2D eigenvalue weighted by atomic mass is 16.3. The van der Waals surface area contributed by atoms with Gasteiger partial charge in [-0.2, -0.15) is 0 Å². The maximum atomic E-state index is 6.89. The lowest BCUT2D eigenvalue weighted by molar-refractivity contribution is 0.668. The molecule has 0 saturated heterocycles. The van der Waals surface area contributed by atoms with Gasteiger partial charge in [-0.05, 0) is 221 Å². The van der Waals surface area contributed by atoms with Gasteiger partial charge in [0.15, 0.2) is 0 Å². The molecule has 3 aromatic heterocycles. The third-order valence-electron chi connectivity index (χ3n) is 19.8. The predicted molar refractivity (Wildman–Crippen MR) is 391 cm³/mol. The summed E-state index contributed by atoms with van der Waals surface area (Å²) in [4.78, 5) is 0. The Morgan fingerprint density at radius 2 is 0.419 bits per heavy atom. The first-order chi connectivity index (χ1) is 46.1. The van der Waals surface area contributed by atoms with Gasteiger partial charge in [-0.1, -0.05) is 237 Å². The fraction of sp³-hybridized carbons (Fsp3) is 0. The zero-order valence-electron chi connectivity index (χ0n) is 50.2. The smallest absolute Gasteiger partial charge is 0.136 e. The zero-order valence-corrected chi connectivity index (χ0v) is 50.2. The summed E-state index contributed by atoms with van der Waals surface area (Å²) in [6, 6.07) is 115. The Bertz CT molecular complexity index is 6520. The van der Waals surface area contributed by atoms with Gasteiger partial charge in [-0.3, -0.25) is 0 Å². The molecule has 17 aromatic carbocycles. The maximum absolute atomic E-state index is 6.89. The number of furan rings is 3. The van der Waals surface area contributed by atoms with E-state index >= 15 is 0 Å². The molecule has 0 fully saturated rings. The Kier molecular flexibility index (Phi) is 11.1. The molecule has 3 nitrogen and oxygen atoms in total. The Balaban J connectivity index is 0.693. The quantitative estimate of drug-likeness (QED) is 0.149. The maximum Gasteiger partial charge on any atom is 0.136 e. The molecule has 3 heteroatoms. The van der Waals surface area contributed by atoms with Crippen molar-refractivity contribution in [2.45, 2.75) is 0 Å². The van der Waals surface area contributed by atoms with Crippen LogP contribution < -0.4 is 0 Å². The SMILES string of the molecule is c1cc(-c2ccc3c4ccc(-c5cccc(-c6cc(-c7cccc8c9ccc(-c%10cccc(-c%11cccc%12oc%13ccccc%13c%11%12)c%10)cc9c9ccccc9c78)cc7oc8ccccc8c67)c5)cc4c4ccccc4c3c2)cc(-c2cccc3oc4ccccc4c23)c1. The van der Waals surface area contributed by atoms with Crippen LogP contribution in [-0.2, 0) is 0 Å². The molecule has 93 heavy (non-hydrogen) atoms. The molecule has 20 aromatic rings. The number of para-hydroxylation sites is 3. The average molecular weight is 1180 g/mol. The van der Waals surface area contributed by atoms with Gasteiger partial charge in [0.2, 0.25) is 0 Å². The Morgan fingerprint density at radius 3 is 0.882 bits per heavy atom. The lowest BCUT2D eigenvalue weighted by atomic mass is 9.86. The summed E-state index contributed by atoms with van der Waals surface area (Å²) in [5.74, 6) is 0. The van der Waals surface area contributed by atoms with Crippen molar-refractivity contribution in [1.82, 2.24) is 0 Å². The molecule has 0 spiro atoms. The van der Waals surface area contributed by atoms with E-state index in [1.807, 2.05) is 12.1 Å². The van der Waals surface area contributed by atoms with Gasteiger partial charge in [0.1, 0.15) is 33.5 Å². The molecule has 0 unspecified atom stereocenters. The van der Waals surface area contributed by atoms with Crippen LogP contribution in [0.5, 0.6) is 0 Å². The van der Waals surface area contributed by atoms with Crippen molar-refractivity contribution in [3.8, 4) is 77.9 Å². The largest absolute Gasteiger partial charge is 0.456 e. The van der Waals surface area contributed by atoms with Gasteiger partial charge in [-0.15, -0.1) is 0 Å². The van der Waals surface area contributed by atoms with E-state index in [-0.39, 0.29) is 0 Å². The van der Waals surface area contributed by atoms with Crippen LogP contribution in [0, 0.1) is 0 Å². The molecular formula is C90H52O3. The van der Waals surface area contributed by atoms with Crippen molar-refractivity contribution >= 4 is 130 Å². The van der Waals surface area contributed by atoms with Crippen molar-refractivity contribution < 1.29 is 13.3 Å². The van der Waals surface area contributed by atoms with Gasteiger partial charge < -0.3 is 13.3 Å². The van der Waals surface area contributed by atoms with E-state index in [0.29, 0.717) is 0 Å². The molecular weight excluding hydrogens is 1130 g/mol. The van der Waals surface area contributed by atoms with E-state index in [4.69, 9.17) is 13.3 Å². The minimum atomic E-state index is 0.862. The fourth-order valence-electron chi connectivity index (χ4n) is 15.6. The van der Waals surface area contributed by atoms with E-state index in [9.17, 15) is 0 Å². The lowest BCUT2D eigenvalue weighted by Gasteiger charge is -2.17. The van der Waals surface area contributed by atoms with Crippen LogP contribution in [0.2, 0.25) is 0 Å². The van der Waals surface area contributed by atoms with Crippen molar-refractivity contribution in [2.24, 2.45) is 0 Å². The van der Waals surface area contributed by atoms with E-state index in [1.54, 1.807) is 0 Å². The third-order valence-corrected chi connectivity index (χ3v) is 19.8. The zero-order chi connectivity index (χ0) is 60.8. The molecule has 0 aliphatic rings. The molecule has 0 bridgehead atoms. The molecule has 0 radical (unpaired) electrons. The summed E-state index contributed by atoms with van der Waals surface area (Å²) in [7, 11) is 0. The van der Waals surface area contributed by atoms with Crippen LogP contribution >= 0.6 is 0 Å². The van der Waals surface area contributed by atoms with Crippen molar-refractivity contribution in [3.63, 3.8) is 0 Å². The topological polar surface area (TPSA) is 39.4 Å². The van der Waals surface area contributed by atoms with E-state index in [1.165, 1.54) is 92.5 Å². The van der Waals surface area contributed by atoms with E-state index < -0.39 is 0 Å². The summed E-state index contributed by atoms with van der Waals surface area (Å²) in [5, 5.41) is 21.5. The molecule has 430 valence electrons. The summed E-state index contributed by atoms with van der Waals surface area (Å²) in [5.41, 5.74) is 21.5. The van der Waals surface area contributed by atoms with Gasteiger partial charge in [0, 0.05) is 32.3 Å².